The molecule has 0 bridgehead atoms. The Hall–Kier alpha value is -1.16. The summed E-state index contributed by atoms with van der Waals surface area (Å²) in [5.41, 5.74) is 1.18. The van der Waals surface area contributed by atoms with Crippen molar-refractivity contribution < 1.29 is 0 Å². The molecule has 4 nitrogen and oxygen atoms in total. The maximum atomic E-state index is 4.42. The SMILES string of the molecule is CCCNCc1cncnc1N(CC)C(C)C. The van der Waals surface area contributed by atoms with E-state index >= 15 is 0 Å². The standard InChI is InChI=1S/C13H24N4/c1-5-7-14-8-12-9-15-10-16-13(12)17(6-2)11(3)4/h9-11,14H,5-8H2,1-4H3. The quantitative estimate of drug-likeness (QED) is 0.737. The van der Waals surface area contributed by atoms with Crippen LogP contribution in [0.1, 0.15) is 39.7 Å². The van der Waals surface area contributed by atoms with Crippen molar-refractivity contribution in [3.63, 3.8) is 0 Å². The second kappa shape index (κ2) is 7.22. The van der Waals surface area contributed by atoms with Crippen molar-refractivity contribution in [2.24, 2.45) is 0 Å². The number of hydrogen-bond acceptors (Lipinski definition) is 4. The maximum absolute atomic E-state index is 4.42. The van der Waals surface area contributed by atoms with Gasteiger partial charge in [0.1, 0.15) is 12.1 Å². The van der Waals surface area contributed by atoms with Gasteiger partial charge in [0.05, 0.1) is 0 Å². The van der Waals surface area contributed by atoms with E-state index < -0.39 is 0 Å². The zero-order valence-corrected chi connectivity index (χ0v) is 11.4. The van der Waals surface area contributed by atoms with Gasteiger partial charge < -0.3 is 10.2 Å². The van der Waals surface area contributed by atoms with Crippen LogP contribution < -0.4 is 10.2 Å². The maximum Gasteiger partial charge on any atom is 0.136 e. The molecule has 0 saturated heterocycles. The summed E-state index contributed by atoms with van der Waals surface area (Å²) in [7, 11) is 0. The van der Waals surface area contributed by atoms with E-state index in [1.54, 1.807) is 6.33 Å². The van der Waals surface area contributed by atoms with Crippen LogP contribution in [0.25, 0.3) is 0 Å². The molecule has 0 aromatic carbocycles. The summed E-state index contributed by atoms with van der Waals surface area (Å²) in [4.78, 5) is 10.8. The molecule has 1 rings (SSSR count). The number of rotatable bonds is 7. The first-order chi connectivity index (χ1) is 8.20. The molecule has 1 aromatic heterocycles. The third-order valence-corrected chi connectivity index (χ3v) is 2.74. The monoisotopic (exact) mass is 236 g/mol. The highest BCUT2D eigenvalue weighted by molar-refractivity contribution is 5.46. The molecule has 1 N–H and O–H groups in total. The molecule has 0 spiro atoms. The summed E-state index contributed by atoms with van der Waals surface area (Å²) in [6, 6.07) is 0.458. The molecule has 0 aliphatic heterocycles. The van der Waals surface area contributed by atoms with E-state index in [0.29, 0.717) is 6.04 Å². The Morgan fingerprint density at radius 2 is 2.12 bits per heavy atom. The van der Waals surface area contributed by atoms with Gasteiger partial charge >= 0.3 is 0 Å². The highest BCUT2D eigenvalue weighted by atomic mass is 15.2. The van der Waals surface area contributed by atoms with Crippen LogP contribution in [0.2, 0.25) is 0 Å². The number of nitrogens with one attached hydrogen (secondary N) is 1. The Labute approximate surface area is 104 Å². The molecule has 0 aliphatic carbocycles. The first-order valence-corrected chi connectivity index (χ1v) is 6.46. The highest BCUT2D eigenvalue weighted by Gasteiger charge is 2.13. The zero-order chi connectivity index (χ0) is 12.7. The molecule has 96 valence electrons. The van der Waals surface area contributed by atoms with Crippen molar-refractivity contribution in [1.29, 1.82) is 0 Å². The van der Waals surface area contributed by atoms with Crippen molar-refractivity contribution in [3.05, 3.63) is 18.1 Å². The fraction of sp³-hybridized carbons (Fsp3) is 0.692. The van der Waals surface area contributed by atoms with Gasteiger partial charge in [-0.2, -0.15) is 0 Å². The second-order valence-electron chi connectivity index (χ2n) is 4.43. The minimum absolute atomic E-state index is 0.458. The van der Waals surface area contributed by atoms with Crippen LogP contribution in [0.3, 0.4) is 0 Å². The molecular weight excluding hydrogens is 212 g/mol. The predicted octanol–water partition coefficient (Wildman–Crippen LogP) is 2.21. The van der Waals surface area contributed by atoms with Gasteiger partial charge in [0.2, 0.25) is 0 Å². The summed E-state index contributed by atoms with van der Waals surface area (Å²) in [5, 5.41) is 3.40. The lowest BCUT2D eigenvalue weighted by Gasteiger charge is -2.28. The van der Waals surface area contributed by atoms with Gasteiger partial charge in [-0.05, 0) is 33.7 Å². The van der Waals surface area contributed by atoms with E-state index in [0.717, 1.165) is 31.9 Å². The van der Waals surface area contributed by atoms with E-state index in [9.17, 15) is 0 Å². The van der Waals surface area contributed by atoms with Crippen molar-refractivity contribution in [2.45, 2.75) is 46.7 Å². The van der Waals surface area contributed by atoms with E-state index in [4.69, 9.17) is 0 Å². The molecule has 0 fully saturated rings. The minimum atomic E-state index is 0.458. The Morgan fingerprint density at radius 1 is 1.35 bits per heavy atom. The smallest absolute Gasteiger partial charge is 0.136 e. The van der Waals surface area contributed by atoms with Crippen molar-refractivity contribution in [1.82, 2.24) is 15.3 Å². The first-order valence-electron chi connectivity index (χ1n) is 6.46. The molecule has 0 saturated carbocycles. The van der Waals surface area contributed by atoms with E-state index in [2.05, 4.69) is 47.9 Å². The molecule has 1 aromatic rings. The van der Waals surface area contributed by atoms with E-state index in [-0.39, 0.29) is 0 Å². The molecule has 17 heavy (non-hydrogen) atoms. The van der Waals surface area contributed by atoms with Crippen LogP contribution in [-0.2, 0) is 6.54 Å². The molecule has 0 aliphatic rings. The Balaban J connectivity index is 2.82. The third-order valence-electron chi connectivity index (χ3n) is 2.74. The van der Waals surface area contributed by atoms with Gasteiger partial charge in [-0.25, -0.2) is 9.97 Å². The summed E-state index contributed by atoms with van der Waals surface area (Å²) in [6.45, 7) is 11.5. The van der Waals surface area contributed by atoms with Gasteiger partial charge in [0.25, 0.3) is 0 Å². The topological polar surface area (TPSA) is 41.1 Å². The summed E-state index contributed by atoms with van der Waals surface area (Å²) in [6.07, 6.45) is 4.68. The fourth-order valence-corrected chi connectivity index (χ4v) is 1.89. The van der Waals surface area contributed by atoms with Gasteiger partial charge in [-0.1, -0.05) is 6.92 Å². The molecule has 4 heteroatoms. The first kappa shape index (κ1) is 13.9. The van der Waals surface area contributed by atoms with Gasteiger partial charge in [-0.3, -0.25) is 0 Å². The Bertz CT molecular complexity index is 325. The van der Waals surface area contributed by atoms with Crippen LogP contribution >= 0.6 is 0 Å². The third kappa shape index (κ3) is 3.97. The Kier molecular flexibility index (Phi) is 5.91. The molecule has 0 amide bonds. The summed E-state index contributed by atoms with van der Waals surface area (Å²) < 4.78 is 0. The second-order valence-corrected chi connectivity index (χ2v) is 4.43. The van der Waals surface area contributed by atoms with Gasteiger partial charge in [0, 0.05) is 30.9 Å². The van der Waals surface area contributed by atoms with Gasteiger partial charge in [-0.15, -0.1) is 0 Å². The summed E-state index contributed by atoms with van der Waals surface area (Å²) >= 11 is 0. The lowest BCUT2D eigenvalue weighted by molar-refractivity contribution is 0.651. The molecule has 1 heterocycles. The van der Waals surface area contributed by atoms with Crippen molar-refractivity contribution in [2.75, 3.05) is 18.0 Å². The number of anilines is 1. The molecule has 0 radical (unpaired) electrons. The average molecular weight is 236 g/mol. The number of hydrogen-bond donors (Lipinski definition) is 1. The van der Waals surface area contributed by atoms with Crippen molar-refractivity contribution >= 4 is 5.82 Å². The predicted molar refractivity (Wildman–Crippen MR) is 72.2 cm³/mol. The van der Waals surface area contributed by atoms with Crippen LogP contribution in [0.5, 0.6) is 0 Å². The van der Waals surface area contributed by atoms with Crippen LogP contribution in [0.4, 0.5) is 5.82 Å². The fourth-order valence-electron chi connectivity index (χ4n) is 1.89. The highest BCUT2D eigenvalue weighted by Crippen LogP contribution is 2.18. The Morgan fingerprint density at radius 3 is 2.71 bits per heavy atom. The average Bonchev–Trinajstić information content (AvgIpc) is 2.32. The van der Waals surface area contributed by atoms with Crippen molar-refractivity contribution in [3.8, 4) is 0 Å². The minimum Gasteiger partial charge on any atom is -0.354 e. The normalized spacial score (nSPS) is 10.9. The lowest BCUT2D eigenvalue weighted by Crippen LogP contribution is -2.32. The van der Waals surface area contributed by atoms with E-state index in [1.807, 2.05) is 6.20 Å². The molecular formula is C13H24N4. The lowest BCUT2D eigenvalue weighted by atomic mass is 10.2. The zero-order valence-electron chi connectivity index (χ0n) is 11.4. The largest absolute Gasteiger partial charge is 0.354 e. The molecule has 0 unspecified atom stereocenters. The van der Waals surface area contributed by atoms with Gasteiger partial charge in [0.15, 0.2) is 0 Å². The van der Waals surface area contributed by atoms with E-state index in [1.165, 1.54) is 5.56 Å². The summed E-state index contributed by atoms with van der Waals surface area (Å²) in [5.74, 6) is 1.06. The molecule has 0 atom stereocenters. The van der Waals surface area contributed by atoms with Crippen LogP contribution in [-0.4, -0.2) is 29.1 Å². The number of nitrogens with zero attached hydrogens (tertiary/aromatic N) is 3. The van der Waals surface area contributed by atoms with Crippen LogP contribution in [0, 0.1) is 0 Å². The van der Waals surface area contributed by atoms with Crippen LogP contribution in [0.15, 0.2) is 12.5 Å². The number of aromatic nitrogens is 2.